The van der Waals surface area contributed by atoms with Crippen molar-refractivity contribution in [3.63, 3.8) is 0 Å². The van der Waals surface area contributed by atoms with Gasteiger partial charge in [-0.25, -0.2) is 4.98 Å². The first-order valence-corrected chi connectivity index (χ1v) is 7.73. The van der Waals surface area contributed by atoms with Crippen molar-refractivity contribution in [3.05, 3.63) is 76.7 Å². The maximum Gasteiger partial charge on any atom is 0.268 e. The number of allylic oxidation sites excluding steroid dienone is 1. The zero-order valence-electron chi connectivity index (χ0n) is 13.7. The normalized spacial score (nSPS) is 10.6. The summed E-state index contributed by atoms with van der Waals surface area (Å²) < 4.78 is 1.40. The fourth-order valence-corrected chi connectivity index (χ4v) is 2.70. The Bertz CT molecular complexity index is 1040. The van der Waals surface area contributed by atoms with E-state index in [1.54, 1.807) is 55.5 Å². The van der Waals surface area contributed by atoms with Crippen molar-refractivity contribution >= 4 is 22.6 Å². The van der Waals surface area contributed by atoms with Crippen LogP contribution in [0.4, 0.5) is 5.82 Å². The number of carbonyl (C=O) groups excluding carboxylic acids is 1. The van der Waals surface area contributed by atoms with E-state index in [9.17, 15) is 14.7 Å². The zero-order valence-corrected chi connectivity index (χ0v) is 13.7. The highest BCUT2D eigenvalue weighted by Crippen LogP contribution is 2.26. The van der Waals surface area contributed by atoms with E-state index in [1.165, 1.54) is 4.57 Å². The van der Waals surface area contributed by atoms with E-state index in [4.69, 9.17) is 0 Å². The summed E-state index contributed by atoms with van der Waals surface area (Å²) in [6.45, 7) is 5.66. The average Bonchev–Trinajstić information content (AvgIpc) is 2.59. The predicted octanol–water partition coefficient (Wildman–Crippen LogP) is 2.85. The van der Waals surface area contributed by atoms with Gasteiger partial charge in [-0.2, -0.15) is 0 Å². The number of nitrogens with one attached hydrogen (secondary N) is 1. The molecule has 0 fully saturated rings. The van der Waals surface area contributed by atoms with Crippen molar-refractivity contribution in [1.29, 1.82) is 0 Å². The molecule has 0 saturated carbocycles. The van der Waals surface area contributed by atoms with Crippen LogP contribution >= 0.6 is 0 Å². The summed E-state index contributed by atoms with van der Waals surface area (Å²) in [6.07, 6.45) is 1.56. The molecule has 0 saturated heterocycles. The van der Waals surface area contributed by atoms with Gasteiger partial charge in [-0.15, -0.1) is 6.58 Å². The third-order valence-electron chi connectivity index (χ3n) is 3.81. The SMILES string of the molecule is C=CCn1c(=O)c(C(=O)Nc2cccc(C)n2)c(O)c2ccccc21. The van der Waals surface area contributed by atoms with Gasteiger partial charge in [-0.1, -0.05) is 24.3 Å². The summed E-state index contributed by atoms with van der Waals surface area (Å²) in [6, 6.07) is 12.0. The minimum atomic E-state index is -0.704. The number of hydrogen-bond acceptors (Lipinski definition) is 4. The topological polar surface area (TPSA) is 84.2 Å². The Morgan fingerprint density at radius 3 is 2.76 bits per heavy atom. The summed E-state index contributed by atoms with van der Waals surface area (Å²) in [5.41, 5.74) is 0.366. The molecule has 0 unspecified atom stereocenters. The Kier molecular flexibility index (Phi) is 4.35. The monoisotopic (exact) mass is 335 g/mol. The second-order valence-corrected chi connectivity index (χ2v) is 5.56. The van der Waals surface area contributed by atoms with Crippen LogP contribution in [0.2, 0.25) is 0 Å². The van der Waals surface area contributed by atoms with Crippen LogP contribution in [0.15, 0.2) is 59.9 Å². The molecule has 6 heteroatoms. The van der Waals surface area contributed by atoms with Gasteiger partial charge in [0.25, 0.3) is 11.5 Å². The van der Waals surface area contributed by atoms with Crippen molar-refractivity contribution in [1.82, 2.24) is 9.55 Å². The van der Waals surface area contributed by atoms with Crippen molar-refractivity contribution in [3.8, 4) is 5.75 Å². The highest BCUT2D eigenvalue weighted by molar-refractivity contribution is 6.08. The fraction of sp³-hybridized carbons (Fsp3) is 0.105. The van der Waals surface area contributed by atoms with Crippen LogP contribution in [-0.4, -0.2) is 20.6 Å². The predicted molar refractivity (Wildman–Crippen MR) is 97.0 cm³/mol. The van der Waals surface area contributed by atoms with Crippen molar-refractivity contribution in [2.24, 2.45) is 0 Å². The van der Waals surface area contributed by atoms with Crippen LogP contribution in [0.5, 0.6) is 5.75 Å². The van der Waals surface area contributed by atoms with Gasteiger partial charge in [0.2, 0.25) is 0 Å². The van der Waals surface area contributed by atoms with Gasteiger partial charge in [0.15, 0.2) is 0 Å². The van der Waals surface area contributed by atoms with Crippen LogP contribution in [0, 0.1) is 6.92 Å². The number of amides is 1. The lowest BCUT2D eigenvalue weighted by molar-refractivity contribution is 0.102. The van der Waals surface area contributed by atoms with Gasteiger partial charge in [-0.05, 0) is 31.2 Å². The number of carbonyl (C=O) groups is 1. The number of benzene rings is 1. The first-order valence-electron chi connectivity index (χ1n) is 7.73. The van der Waals surface area contributed by atoms with Crippen LogP contribution in [-0.2, 0) is 6.54 Å². The van der Waals surface area contributed by atoms with Crippen LogP contribution in [0.1, 0.15) is 16.1 Å². The maximum atomic E-state index is 12.8. The van der Waals surface area contributed by atoms with E-state index < -0.39 is 11.5 Å². The van der Waals surface area contributed by atoms with E-state index in [2.05, 4.69) is 16.9 Å². The average molecular weight is 335 g/mol. The second kappa shape index (κ2) is 6.60. The minimum absolute atomic E-state index is 0.225. The van der Waals surface area contributed by atoms with E-state index in [0.717, 1.165) is 5.69 Å². The van der Waals surface area contributed by atoms with E-state index in [0.29, 0.717) is 16.7 Å². The van der Waals surface area contributed by atoms with Gasteiger partial charge < -0.3 is 15.0 Å². The largest absolute Gasteiger partial charge is 0.506 e. The van der Waals surface area contributed by atoms with Gasteiger partial charge in [0.1, 0.15) is 17.1 Å². The Labute approximate surface area is 144 Å². The molecule has 25 heavy (non-hydrogen) atoms. The van der Waals surface area contributed by atoms with Gasteiger partial charge in [-0.3, -0.25) is 9.59 Å². The molecule has 6 nitrogen and oxygen atoms in total. The molecule has 0 atom stereocenters. The molecule has 3 rings (SSSR count). The molecule has 2 aromatic heterocycles. The van der Waals surface area contributed by atoms with E-state index in [-0.39, 0.29) is 17.9 Å². The van der Waals surface area contributed by atoms with Gasteiger partial charge in [0, 0.05) is 17.6 Å². The summed E-state index contributed by atoms with van der Waals surface area (Å²) >= 11 is 0. The van der Waals surface area contributed by atoms with Crippen molar-refractivity contribution in [2.45, 2.75) is 13.5 Å². The Hall–Kier alpha value is -3.41. The number of pyridine rings is 2. The van der Waals surface area contributed by atoms with Gasteiger partial charge >= 0.3 is 0 Å². The molecule has 0 radical (unpaired) electrons. The second-order valence-electron chi connectivity index (χ2n) is 5.56. The van der Waals surface area contributed by atoms with Gasteiger partial charge in [0.05, 0.1) is 5.52 Å². The molecule has 0 aliphatic rings. The number of nitrogens with zero attached hydrogens (tertiary/aromatic N) is 2. The summed E-state index contributed by atoms with van der Waals surface area (Å²) in [5, 5.41) is 13.5. The molecular formula is C19H17N3O3. The number of aromatic nitrogens is 2. The number of hydrogen-bond donors (Lipinski definition) is 2. The maximum absolute atomic E-state index is 12.8. The molecule has 0 bridgehead atoms. The molecular weight excluding hydrogens is 318 g/mol. The Morgan fingerprint density at radius 2 is 2.04 bits per heavy atom. The molecule has 2 N–H and O–H groups in total. The van der Waals surface area contributed by atoms with Crippen LogP contribution < -0.4 is 10.9 Å². The lowest BCUT2D eigenvalue weighted by atomic mass is 10.1. The smallest absolute Gasteiger partial charge is 0.268 e. The highest BCUT2D eigenvalue weighted by atomic mass is 16.3. The molecule has 126 valence electrons. The highest BCUT2D eigenvalue weighted by Gasteiger charge is 2.22. The Morgan fingerprint density at radius 1 is 1.28 bits per heavy atom. The number of anilines is 1. The Balaban J connectivity index is 2.16. The summed E-state index contributed by atoms with van der Waals surface area (Å²) in [5.74, 6) is -0.734. The third kappa shape index (κ3) is 3.01. The van der Waals surface area contributed by atoms with Crippen LogP contribution in [0.25, 0.3) is 10.9 Å². The van der Waals surface area contributed by atoms with Crippen LogP contribution in [0.3, 0.4) is 0 Å². The molecule has 1 aromatic carbocycles. The molecule has 1 amide bonds. The number of aromatic hydroxyl groups is 1. The standard InChI is InChI=1S/C19H17N3O3/c1-3-11-22-14-9-5-4-8-13(14)17(23)16(19(22)25)18(24)21-15-10-6-7-12(2)20-15/h3-10,23H,1,11H2,2H3,(H,20,21,24). The first kappa shape index (κ1) is 16.4. The quantitative estimate of drug-likeness (QED) is 0.718. The number of aryl methyl sites for hydroxylation is 1. The number of para-hydroxylation sites is 1. The third-order valence-corrected chi connectivity index (χ3v) is 3.81. The molecule has 0 aliphatic carbocycles. The van der Waals surface area contributed by atoms with Crippen molar-refractivity contribution in [2.75, 3.05) is 5.32 Å². The minimum Gasteiger partial charge on any atom is -0.506 e. The summed E-state index contributed by atoms with van der Waals surface area (Å²) in [7, 11) is 0. The molecule has 2 heterocycles. The molecule has 0 spiro atoms. The number of rotatable bonds is 4. The molecule has 3 aromatic rings. The fourth-order valence-electron chi connectivity index (χ4n) is 2.70. The lowest BCUT2D eigenvalue weighted by Crippen LogP contribution is -2.29. The van der Waals surface area contributed by atoms with Crippen molar-refractivity contribution < 1.29 is 9.90 Å². The van der Waals surface area contributed by atoms with E-state index in [1.807, 2.05) is 0 Å². The number of fused-ring (bicyclic) bond motifs is 1. The molecule has 0 aliphatic heterocycles. The lowest BCUT2D eigenvalue weighted by Gasteiger charge is -2.13. The summed E-state index contributed by atoms with van der Waals surface area (Å²) in [4.78, 5) is 29.6. The first-order chi connectivity index (χ1) is 12.0. The zero-order chi connectivity index (χ0) is 18.0. The van der Waals surface area contributed by atoms with E-state index >= 15 is 0 Å².